The van der Waals surface area contributed by atoms with E-state index < -0.39 is 0 Å². The van der Waals surface area contributed by atoms with Gasteiger partial charge in [-0.05, 0) is 43.6 Å². The summed E-state index contributed by atoms with van der Waals surface area (Å²) in [5.74, 6) is 0.903. The lowest BCUT2D eigenvalue weighted by molar-refractivity contribution is 0.425. The molecular formula is C28H35N7S. The van der Waals surface area contributed by atoms with E-state index in [0.29, 0.717) is 29.5 Å². The molecule has 0 aliphatic carbocycles. The molecule has 2 aromatic heterocycles. The van der Waals surface area contributed by atoms with Gasteiger partial charge in [0.05, 0.1) is 16.8 Å². The van der Waals surface area contributed by atoms with Gasteiger partial charge in [-0.25, -0.2) is 9.97 Å². The quantitative estimate of drug-likeness (QED) is 0.260. The maximum Gasteiger partial charge on any atom is 0.141 e. The number of likely N-dealkylation sites (N-methyl/N-ethyl adjacent to an activating group) is 1. The molecule has 8 heteroatoms. The first kappa shape index (κ1) is 27.0. The third-order valence-electron chi connectivity index (χ3n) is 5.51. The Labute approximate surface area is 218 Å². The third-order valence-corrected chi connectivity index (χ3v) is 6.03. The van der Waals surface area contributed by atoms with E-state index in [4.69, 9.17) is 11.1 Å². The average molecular weight is 502 g/mol. The van der Waals surface area contributed by atoms with E-state index in [1.807, 2.05) is 31.6 Å². The molecule has 0 saturated carbocycles. The Bertz CT molecular complexity index is 1190. The fraction of sp³-hybridized carbons (Fsp3) is 0.286. The molecule has 188 valence electrons. The van der Waals surface area contributed by atoms with Gasteiger partial charge in [-0.1, -0.05) is 61.9 Å². The minimum absolute atomic E-state index is 0.309. The first-order valence-electron chi connectivity index (χ1n) is 12.0. The molecule has 7 nitrogen and oxygen atoms in total. The lowest BCUT2D eigenvalue weighted by Crippen LogP contribution is -2.22. The summed E-state index contributed by atoms with van der Waals surface area (Å²) >= 11 is 1.60. The van der Waals surface area contributed by atoms with Gasteiger partial charge in [-0.15, -0.1) is 11.3 Å². The number of nitrogens with zero attached hydrogens (tertiary/aromatic N) is 4. The zero-order valence-corrected chi connectivity index (χ0v) is 22.1. The summed E-state index contributed by atoms with van der Waals surface area (Å²) in [4.78, 5) is 14.2. The molecule has 0 aliphatic rings. The lowest BCUT2D eigenvalue weighted by Gasteiger charge is -2.15. The van der Waals surface area contributed by atoms with E-state index in [-0.39, 0.29) is 0 Å². The molecule has 0 unspecified atom stereocenters. The van der Waals surface area contributed by atoms with Crippen LogP contribution in [-0.2, 0) is 12.8 Å². The second-order valence-electron chi connectivity index (χ2n) is 8.71. The summed E-state index contributed by atoms with van der Waals surface area (Å²) in [7, 11) is 4.03. The van der Waals surface area contributed by atoms with Crippen LogP contribution in [0.1, 0.15) is 41.2 Å². The molecule has 36 heavy (non-hydrogen) atoms. The Morgan fingerprint density at radius 1 is 1.06 bits per heavy atom. The van der Waals surface area contributed by atoms with E-state index in [1.54, 1.807) is 23.0 Å². The summed E-state index contributed by atoms with van der Waals surface area (Å²) in [6, 6.07) is 16.9. The number of rotatable bonds is 10. The monoisotopic (exact) mass is 501 g/mol. The summed E-state index contributed by atoms with van der Waals surface area (Å²) in [6.45, 7) is 3.76. The zero-order valence-electron chi connectivity index (χ0n) is 21.2. The number of nitrogens with two attached hydrogens (primary N) is 1. The number of aryl methyl sites for hydroxylation is 1. The predicted molar refractivity (Wildman–Crippen MR) is 151 cm³/mol. The Morgan fingerprint density at radius 2 is 1.83 bits per heavy atom. The molecule has 4 N–H and O–H groups in total. The van der Waals surface area contributed by atoms with E-state index >= 15 is 0 Å². The average Bonchev–Trinajstić information content (AvgIpc) is 3.45. The second kappa shape index (κ2) is 14.1. The summed E-state index contributed by atoms with van der Waals surface area (Å²) in [5, 5.41) is 13.9. The van der Waals surface area contributed by atoms with Gasteiger partial charge in [0.15, 0.2) is 0 Å². The highest BCUT2D eigenvalue weighted by Crippen LogP contribution is 2.22. The van der Waals surface area contributed by atoms with Crippen molar-refractivity contribution in [1.82, 2.24) is 19.9 Å². The van der Waals surface area contributed by atoms with Crippen LogP contribution in [-0.4, -0.2) is 52.7 Å². The van der Waals surface area contributed by atoms with E-state index in [2.05, 4.69) is 68.5 Å². The fourth-order valence-electron chi connectivity index (χ4n) is 3.71. The summed E-state index contributed by atoms with van der Waals surface area (Å²) < 4.78 is 0. The van der Waals surface area contributed by atoms with Crippen molar-refractivity contribution in [1.29, 1.82) is 5.41 Å². The largest absolute Gasteiger partial charge is 0.383 e. The number of anilines is 2. The minimum atomic E-state index is 0.309. The van der Waals surface area contributed by atoms with Crippen LogP contribution >= 0.6 is 11.3 Å². The van der Waals surface area contributed by atoms with Gasteiger partial charge in [0, 0.05) is 30.2 Å². The van der Waals surface area contributed by atoms with Crippen molar-refractivity contribution in [3.8, 4) is 0 Å². The van der Waals surface area contributed by atoms with Crippen LogP contribution in [0.4, 0.5) is 11.6 Å². The summed E-state index contributed by atoms with van der Waals surface area (Å²) in [5.41, 5.74) is 13.5. The first-order valence-corrected chi connectivity index (χ1v) is 13.0. The molecule has 0 atom stereocenters. The van der Waals surface area contributed by atoms with Crippen molar-refractivity contribution in [3.63, 3.8) is 0 Å². The molecule has 4 rings (SSSR count). The molecule has 0 saturated heterocycles. The number of benzene rings is 2. The lowest BCUT2D eigenvalue weighted by atomic mass is 9.98. The van der Waals surface area contributed by atoms with Crippen LogP contribution in [0.25, 0.3) is 0 Å². The fourth-order valence-corrected chi connectivity index (χ4v) is 4.06. The highest BCUT2D eigenvalue weighted by Gasteiger charge is 2.16. The second-order valence-corrected chi connectivity index (χ2v) is 9.46. The zero-order chi connectivity index (χ0) is 25.8. The van der Waals surface area contributed by atoms with Crippen molar-refractivity contribution in [2.45, 2.75) is 26.2 Å². The van der Waals surface area contributed by atoms with Crippen molar-refractivity contribution in [2.75, 3.05) is 38.2 Å². The standard InChI is InChI=1S/C25H32N6.C3H3NS/c1-4-6-18-7-5-8-20(15-18)16-19-9-11-21(12-10-19)23(26)22-24(27)29-17-30-25(22)28-13-14-31(2)3;1-2-5-3-4-1/h5,7-12,15,17,26H,4,6,13-14,16H2,1-3H3,(H3,27,28,29,30);1-3H. The van der Waals surface area contributed by atoms with Crippen molar-refractivity contribution < 1.29 is 0 Å². The number of nitrogen functional groups attached to an aromatic ring is 1. The molecule has 2 heterocycles. The van der Waals surface area contributed by atoms with Gasteiger partial charge >= 0.3 is 0 Å². The number of hydrogen-bond acceptors (Lipinski definition) is 8. The Hall–Kier alpha value is -3.62. The molecule has 0 amide bonds. The van der Waals surface area contributed by atoms with Crippen LogP contribution in [0.15, 0.2) is 71.9 Å². The third kappa shape index (κ3) is 8.25. The van der Waals surface area contributed by atoms with Gasteiger partial charge in [0.1, 0.15) is 18.0 Å². The van der Waals surface area contributed by atoms with Gasteiger partial charge in [-0.2, -0.15) is 0 Å². The number of nitrogens with one attached hydrogen (secondary N) is 2. The summed E-state index contributed by atoms with van der Waals surface area (Å²) in [6.07, 6.45) is 6.33. The highest BCUT2D eigenvalue weighted by molar-refractivity contribution is 7.07. The molecule has 0 radical (unpaired) electrons. The van der Waals surface area contributed by atoms with Crippen LogP contribution in [0.5, 0.6) is 0 Å². The first-order chi connectivity index (χ1) is 17.5. The van der Waals surface area contributed by atoms with Crippen LogP contribution in [0, 0.1) is 5.41 Å². The van der Waals surface area contributed by atoms with Gasteiger partial charge in [0.25, 0.3) is 0 Å². The van der Waals surface area contributed by atoms with Gasteiger partial charge in [0.2, 0.25) is 0 Å². The molecule has 0 bridgehead atoms. The van der Waals surface area contributed by atoms with E-state index in [1.165, 1.54) is 23.0 Å². The Kier molecular flexibility index (Phi) is 10.5. The number of hydrogen-bond donors (Lipinski definition) is 3. The maximum absolute atomic E-state index is 8.73. The molecule has 0 aliphatic heterocycles. The number of aromatic nitrogens is 3. The maximum atomic E-state index is 8.73. The molecule has 2 aromatic carbocycles. The molecular weight excluding hydrogens is 466 g/mol. The molecule has 0 fully saturated rings. The normalized spacial score (nSPS) is 10.6. The Balaban J connectivity index is 0.000000642. The van der Waals surface area contributed by atoms with Crippen molar-refractivity contribution in [3.05, 3.63) is 99.8 Å². The highest BCUT2D eigenvalue weighted by atomic mass is 32.1. The predicted octanol–water partition coefficient (Wildman–Crippen LogP) is 5.13. The van der Waals surface area contributed by atoms with E-state index in [9.17, 15) is 0 Å². The van der Waals surface area contributed by atoms with Crippen LogP contribution in [0.3, 0.4) is 0 Å². The van der Waals surface area contributed by atoms with Crippen molar-refractivity contribution in [2.24, 2.45) is 0 Å². The molecule has 4 aromatic rings. The van der Waals surface area contributed by atoms with Gasteiger partial charge < -0.3 is 16.0 Å². The SMILES string of the molecule is CCCc1cccc(Cc2ccc(C(=N)c3c(N)ncnc3NCCN(C)C)cc2)c1.c1cscn1. The Morgan fingerprint density at radius 3 is 2.47 bits per heavy atom. The molecule has 0 spiro atoms. The number of thiazole rings is 1. The minimum Gasteiger partial charge on any atom is -0.383 e. The van der Waals surface area contributed by atoms with Crippen LogP contribution in [0.2, 0.25) is 0 Å². The van der Waals surface area contributed by atoms with Gasteiger partial charge in [-0.3, -0.25) is 10.4 Å². The topological polar surface area (TPSA) is 104 Å². The van der Waals surface area contributed by atoms with Crippen LogP contribution < -0.4 is 11.1 Å². The smallest absolute Gasteiger partial charge is 0.141 e. The van der Waals surface area contributed by atoms with E-state index in [0.717, 1.165) is 31.4 Å². The van der Waals surface area contributed by atoms with Crippen molar-refractivity contribution >= 4 is 28.7 Å².